The van der Waals surface area contributed by atoms with E-state index in [0.717, 1.165) is 10.6 Å². The Morgan fingerprint density at radius 3 is 2.75 bits per heavy atom. The average Bonchev–Trinajstić information content (AvgIpc) is 2.86. The molecule has 0 aliphatic heterocycles. The van der Waals surface area contributed by atoms with E-state index in [0.29, 0.717) is 17.1 Å². The summed E-state index contributed by atoms with van der Waals surface area (Å²) in [4.78, 5) is 5.42. The lowest BCUT2D eigenvalue weighted by atomic mass is 10.3. The molecule has 0 spiro atoms. The standard InChI is InChI=1S/C13H17N3O2S2/c1-10-4-3-5-11(16-10)8-15-20(17,18)13-6-7-19-12(13)9-14-2/h3-7,14-15H,8-9H2,1-2H3. The predicted octanol–water partition coefficient (Wildman–Crippen LogP) is 1.65. The monoisotopic (exact) mass is 311 g/mol. The molecule has 2 N–H and O–H groups in total. The van der Waals surface area contributed by atoms with Gasteiger partial charge < -0.3 is 5.32 Å². The molecule has 0 amide bonds. The van der Waals surface area contributed by atoms with Gasteiger partial charge in [-0.25, -0.2) is 13.1 Å². The number of aryl methyl sites for hydroxylation is 1. The van der Waals surface area contributed by atoms with E-state index >= 15 is 0 Å². The van der Waals surface area contributed by atoms with Crippen LogP contribution in [0.4, 0.5) is 0 Å². The summed E-state index contributed by atoms with van der Waals surface area (Å²) in [6, 6.07) is 7.17. The van der Waals surface area contributed by atoms with Gasteiger partial charge in [-0.2, -0.15) is 0 Å². The molecule has 0 bridgehead atoms. The first-order chi connectivity index (χ1) is 9.53. The molecule has 20 heavy (non-hydrogen) atoms. The van der Waals surface area contributed by atoms with Gasteiger partial charge in [0.2, 0.25) is 10.0 Å². The van der Waals surface area contributed by atoms with Crippen molar-refractivity contribution in [2.24, 2.45) is 0 Å². The first-order valence-corrected chi connectivity index (χ1v) is 8.52. The maximum Gasteiger partial charge on any atom is 0.242 e. The maximum absolute atomic E-state index is 12.3. The molecule has 108 valence electrons. The van der Waals surface area contributed by atoms with Crippen molar-refractivity contribution in [2.45, 2.75) is 24.9 Å². The number of nitrogens with zero attached hydrogens (tertiary/aromatic N) is 1. The van der Waals surface area contributed by atoms with Gasteiger partial charge in [0.15, 0.2) is 0 Å². The molecule has 0 radical (unpaired) electrons. The third-order valence-electron chi connectivity index (χ3n) is 2.72. The smallest absolute Gasteiger partial charge is 0.242 e. The summed E-state index contributed by atoms with van der Waals surface area (Å²) in [5.41, 5.74) is 1.58. The molecule has 0 fully saturated rings. The number of rotatable bonds is 6. The zero-order chi connectivity index (χ0) is 14.6. The Morgan fingerprint density at radius 2 is 2.05 bits per heavy atom. The molecule has 0 atom stereocenters. The van der Waals surface area contributed by atoms with E-state index in [2.05, 4.69) is 15.0 Å². The van der Waals surface area contributed by atoms with E-state index in [9.17, 15) is 8.42 Å². The van der Waals surface area contributed by atoms with Crippen LogP contribution >= 0.6 is 11.3 Å². The summed E-state index contributed by atoms with van der Waals surface area (Å²) in [6.07, 6.45) is 0. The molecule has 2 heterocycles. The van der Waals surface area contributed by atoms with Crippen LogP contribution in [0.1, 0.15) is 16.3 Å². The highest BCUT2D eigenvalue weighted by Crippen LogP contribution is 2.21. The van der Waals surface area contributed by atoms with Gasteiger partial charge in [0.25, 0.3) is 0 Å². The molecule has 0 saturated carbocycles. The van der Waals surface area contributed by atoms with Crippen molar-refractivity contribution in [2.75, 3.05) is 7.05 Å². The fourth-order valence-corrected chi connectivity index (χ4v) is 4.25. The van der Waals surface area contributed by atoms with Crippen LogP contribution in [0.25, 0.3) is 0 Å². The second-order valence-corrected chi connectivity index (χ2v) is 7.07. The molecule has 2 aromatic rings. The summed E-state index contributed by atoms with van der Waals surface area (Å²) >= 11 is 1.43. The fourth-order valence-electron chi connectivity index (χ4n) is 1.80. The number of pyridine rings is 1. The van der Waals surface area contributed by atoms with Gasteiger partial charge in [-0.15, -0.1) is 11.3 Å². The molecule has 0 saturated heterocycles. The van der Waals surface area contributed by atoms with E-state index in [-0.39, 0.29) is 6.54 Å². The molecule has 0 aromatic carbocycles. The Labute approximate surface area is 123 Å². The second kappa shape index (κ2) is 6.45. The van der Waals surface area contributed by atoms with Gasteiger partial charge in [-0.05, 0) is 37.6 Å². The summed E-state index contributed by atoms with van der Waals surface area (Å²) in [5.74, 6) is 0. The van der Waals surface area contributed by atoms with Crippen molar-refractivity contribution >= 4 is 21.4 Å². The Bertz CT molecular complexity index is 680. The fraction of sp³-hybridized carbons (Fsp3) is 0.308. The van der Waals surface area contributed by atoms with E-state index in [4.69, 9.17) is 0 Å². The number of hydrogen-bond donors (Lipinski definition) is 2. The minimum Gasteiger partial charge on any atom is -0.315 e. The maximum atomic E-state index is 12.3. The quantitative estimate of drug-likeness (QED) is 0.851. The lowest BCUT2D eigenvalue weighted by Gasteiger charge is -2.07. The first-order valence-electron chi connectivity index (χ1n) is 6.16. The highest BCUT2D eigenvalue weighted by atomic mass is 32.2. The third-order valence-corrected chi connectivity index (χ3v) is 5.26. The van der Waals surface area contributed by atoms with E-state index in [1.54, 1.807) is 24.6 Å². The van der Waals surface area contributed by atoms with Gasteiger partial charge in [-0.1, -0.05) is 6.07 Å². The summed E-state index contributed by atoms with van der Waals surface area (Å²) in [7, 11) is -1.71. The van der Waals surface area contributed by atoms with E-state index in [1.165, 1.54) is 11.3 Å². The number of thiophene rings is 1. The Morgan fingerprint density at radius 1 is 1.25 bits per heavy atom. The van der Waals surface area contributed by atoms with Crippen LogP contribution in [0.3, 0.4) is 0 Å². The van der Waals surface area contributed by atoms with Crippen molar-refractivity contribution in [3.63, 3.8) is 0 Å². The van der Waals surface area contributed by atoms with Crippen molar-refractivity contribution < 1.29 is 8.42 Å². The molecule has 2 aromatic heterocycles. The third kappa shape index (κ3) is 3.63. The van der Waals surface area contributed by atoms with Crippen molar-refractivity contribution in [1.29, 1.82) is 0 Å². The predicted molar refractivity (Wildman–Crippen MR) is 80.1 cm³/mol. The van der Waals surface area contributed by atoms with Crippen molar-refractivity contribution in [3.05, 3.63) is 45.9 Å². The molecular formula is C13H17N3O2S2. The largest absolute Gasteiger partial charge is 0.315 e. The van der Waals surface area contributed by atoms with Gasteiger partial charge in [0, 0.05) is 17.1 Å². The van der Waals surface area contributed by atoms with Crippen LogP contribution in [0.5, 0.6) is 0 Å². The number of nitrogens with one attached hydrogen (secondary N) is 2. The van der Waals surface area contributed by atoms with Gasteiger partial charge in [-0.3, -0.25) is 4.98 Å². The van der Waals surface area contributed by atoms with Crippen molar-refractivity contribution in [1.82, 2.24) is 15.0 Å². The van der Waals surface area contributed by atoms with Crippen LogP contribution in [-0.4, -0.2) is 20.4 Å². The van der Waals surface area contributed by atoms with Crippen LogP contribution in [-0.2, 0) is 23.1 Å². The molecule has 5 nitrogen and oxygen atoms in total. The van der Waals surface area contributed by atoms with Gasteiger partial charge in [0.1, 0.15) is 0 Å². The summed E-state index contributed by atoms with van der Waals surface area (Å²) in [5, 5.41) is 4.75. The van der Waals surface area contributed by atoms with Crippen LogP contribution in [0.15, 0.2) is 34.5 Å². The number of hydrogen-bond acceptors (Lipinski definition) is 5. The Hall–Kier alpha value is -1.28. The van der Waals surface area contributed by atoms with Gasteiger partial charge in [0.05, 0.1) is 17.1 Å². The highest BCUT2D eigenvalue weighted by molar-refractivity contribution is 7.89. The van der Waals surface area contributed by atoms with Gasteiger partial charge >= 0.3 is 0 Å². The van der Waals surface area contributed by atoms with Crippen molar-refractivity contribution in [3.8, 4) is 0 Å². The molecule has 7 heteroatoms. The number of sulfonamides is 1. The molecular weight excluding hydrogens is 294 g/mol. The van der Waals surface area contributed by atoms with E-state index in [1.807, 2.05) is 19.1 Å². The minimum atomic E-state index is -3.50. The SMILES string of the molecule is CNCc1sccc1S(=O)(=O)NCc1cccc(C)n1. The lowest BCUT2D eigenvalue weighted by molar-refractivity contribution is 0.579. The highest BCUT2D eigenvalue weighted by Gasteiger charge is 2.19. The number of aromatic nitrogens is 1. The first kappa shape index (κ1) is 15.1. The zero-order valence-electron chi connectivity index (χ0n) is 11.4. The summed E-state index contributed by atoms with van der Waals surface area (Å²) in [6.45, 7) is 2.61. The topological polar surface area (TPSA) is 71.1 Å². The lowest BCUT2D eigenvalue weighted by Crippen LogP contribution is -2.24. The Balaban J connectivity index is 2.13. The van der Waals surface area contributed by atoms with Crippen LogP contribution < -0.4 is 10.0 Å². The van der Waals surface area contributed by atoms with Crippen LogP contribution in [0.2, 0.25) is 0 Å². The molecule has 0 unspecified atom stereocenters. The Kier molecular flexibility index (Phi) is 4.87. The minimum absolute atomic E-state index is 0.193. The molecule has 0 aliphatic rings. The molecule has 0 aliphatic carbocycles. The zero-order valence-corrected chi connectivity index (χ0v) is 13.0. The second-order valence-electron chi connectivity index (χ2n) is 4.33. The normalized spacial score (nSPS) is 11.7. The van der Waals surface area contributed by atoms with Crippen LogP contribution in [0, 0.1) is 6.92 Å². The van der Waals surface area contributed by atoms with E-state index < -0.39 is 10.0 Å². The average molecular weight is 311 g/mol. The summed E-state index contributed by atoms with van der Waals surface area (Å²) < 4.78 is 27.2. The molecule has 2 rings (SSSR count).